The van der Waals surface area contributed by atoms with E-state index in [1.807, 2.05) is 0 Å². The number of hydrogen-bond acceptors (Lipinski definition) is 6. The molecule has 0 N–H and O–H groups in total. The highest BCUT2D eigenvalue weighted by Crippen LogP contribution is 2.21. The SMILES string of the molecule is CC(=O)Cc1noc(CC2CCS(=O)(=O)C2)n1. The van der Waals surface area contributed by atoms with E-state index < -0.39 is 9.84 Å². The van der Waals surface area contributed by atoms with E-state index in [-0.39, 0.29) is 29.6 Å². The molecule has 1 fully saturated rings. The summed E-state index contributed by atoms with van der Waals surface area (Å²) in [7, 11) is -2.87. The number of Topliss-reactive ketones (excluding diaryl/α,β-unsaturated/α-hetero) is 1. The Kier molecular flexibility index (Phi) is 3.28. The van der Waals surface area contributed by atoms with Gasteiger partial charge in [0.25, 0.3) is 0 Å². The zero-order chi connectivity index (χ0) is 12.5. The number of rotatable bonds is 4. The van der Waals surface area contributed by atoms with Crippen molar-refractivity contribution in [2.45, 2.75) is 26.2 Å². The van der Waals surface area contributed by atoms with Crippen LogP contribution in [0.5, 0.6) is 0 Å². The molecule has 7 heteroatoms. The van der Waals surface area contributed by atoms with Gasteiger partial charge in [0.15, 0.2) is 15.7 Å². The van der Waals surface area contributed by atoms with Gasteiger partial charge in [-0.2, -0.15) is 4.98 Å². The maximum Gasteiger partial charge on any atom is 0.226 e. The molecule has 1 aromatic rings. The predicted molar refractivity (Wildman–Crippen MR) is 59.1 cm³/mol. The number of aromatic nitrogens is 2. The predicted octanol–water partition coefficient (Wildman–Crippen LogP) is 0.178. The minimum atomic E-state index is -2.87. The molecule has 0 aliphatic carbocycles. The lowest BCUT2D eigenvalue weighted by Crippen LogP contribution is -2.08. The van der Waals surface area contributed by atoms with Crippen molar-refractivity contribution in [3.8, 4) is 0 Å². The molecule has 0 spiro atoms. The molecule has 1 aromatic heterocycles. The molecule has 0 bridgehead atoms. The Balaban J connectivity index is 1.96. The van der Waals surface area contributed by atoms with Crippen molar-refractivity contribution in [2.75, 3.05) is 11.5 Å². The van der Waals surface area contributed by atoms with Gasteiger partial charge in [0, 0.05) is 6.42 Å². The van der Waals surface area contributed by atoms with Crippen LogP contribution in [0.25, 0.3) is 0 Å². The summed E-state index contributed by atoms with van der Waals surface area (Å²) in [5.74, 6) is 1.26. The lowest BCUT2D eigenvalue weighted by Gasteiger charge is -2.01. The van der Waals surface area contributed by atoms with Crippen molar-refractivity contribution in [1.82, 2.24) is 10.1 Å². The molecule has 1 unspecified atom stereocenters. The van der Waals surface area contributed by atoms with Gasteiger partial charge in [-0.15, -0.1) is 0 Å². The van der Waals surface area contributed by atoms with Crippen LogP contribution in [0, 0.1) is 5.92 Å². The fraction of sp³-hybridized carbons (Fsp3) is 0.700. The number of hydrogen-bond donors (Lipinski definition) is 0. The standard InChI is InChI=1S/C10H14N2O4S/c1-7(13)4-9-11-10(16-12-9)5-8-2-3-17(14,15)6-8/h8H,2-6H2,1H3. The first-order valence-corrected chi connectivity index (χ1v) is 7.28. The minimum Gasteiger partial charge on any atom is -0.339 e. The summed E-state index contributed by atoms with van der Waals surface area (Å²) in [4.78, 5) is 14.9. The van der Waals surface area contributed by atoms with Crippen LogP contribution in [-0.4, -0.2) is 35.8 Å². The first kappa shape index (κ1) is 12.2. The summed E-state index contributed by atoms with van der Waals surface area (Å²) >= 11 is 0. The second-order valence-corrected chi connectivity index (χ2v) is 6.69. The molecule has 6 nitrogen and oxygen atoms in total. The molecular weight excluding hydrogens is 244 g/mol. The van der Waals surface area contributed by atoms with Crippen LogP contribution in [0.3, 0.4) is 0 Å². The van der Waals surface area contributed by atoms with Gasteiger partial charge in [-0.1, -0.05) is 5.16 Å². The van der Waals surface area contributed by atoms with E-state index in [1.54, 1.807) is 0 Å². The maximum absolute atomic E-state index is 11.3. The van der Waals surface area contributed by atoms with Crippen molar-refractivity contribution >= 4 is 15.6 Å². The van der Waals surface area contributed by atoms with Gasteiger partial charge in [-0.25, -0.2) is 8.42 Å². The summed E-state index contributed by atoms with van der Waals surface area (Å²) < 4.78 is 27.5. The monoisotopic (exact) mass is 258 g/mol. The number of ketones is 1. The first-order chi connectivity index (χ1) is 7.94. The summed E-state index contributed by atoms with van der Waals surface area (Å²) in [5, 5.41) is 3.68. The fourth-order valence-corrected chi connectivity index (χ4v) is 3.81. The third-order valence-electron chi connectivity index (χ3n) is 2.71. The lowest BCUT2D eigenvalue weighted by molar-refractivity contribution is -0.116. The minimum absolute atomic E-state index is 0.0270. The molecule has 1 atom stereocenters. The molecule has 0 amide bonds. The zero-order valence-corrected chi connectivity index (χ0v) is 10.4. The largest absolute Gasteiger partial charge is 0.339 e. The van der Waals surface area contributed by atoms with Crippen molar-refractivity contribution in [3.63, 3.8) is 0 Å². The van der Waals surface area contributed by atoms with E-state index in [9.17, 15) is 13.2 Å². The molecule has 17 heavy (non-hydrogen) atoms. The average Bonchev–Trinajstić information content (AvgIpc) is 2.73. The Bertz CT molecular complexity index is 520. The van der Waals surface area contributed by atoms with Gasteiger partial charge in [0.1, 0.15) is 5.78 Å². The van der Waals surface area contributed by atoms with E-state index >= 15 is 0 Å². The Labute approximate surface area is 99.3 Å². The smallest absolute Gasteiger partial charge is 0.226 e. The topological polar surface area (TPSA) is 90.1 Å². The molecule has 1 aliphatic heterocycles. The molecule has 0 radical (unpaired) electrons. The Hall–Kier alpha value is -1.24. The fourth-order valence-electron chi connectivity index (χ4n) is 1.95. The Morgan fingerprint density at radius 3 is 2.88 bits per heavy atom. The van der Waals surface area contributed by atoms with Crippen LogP contribution < -0.4 is 0 Å². The van der Waals surface area contributed by atoms with Crippen LogP contribution in [-0.2, 0) is 27.5 Å². The van der Waals surface area contributed by atoms with Gasteiger partial charge in [-0.3, -0.25) is 4.79 Å². The van der Waals surface area contributed by atoms with Gasteiger partial charge in [0.2, 0.25) is 5.89 Å². The highest BCUT2D eigenvalue weighted by atomic mass is 32.2. The zero-order valence-electron chi connectivity index (χ0n) is 9.55. The van der Waals surface area contributed by atoms with E-state index in [1.165, 1.54) is 6.92 Å². The number of sulfone groups is 1. The molecule has 0 aromatic carbocycles. The molecule has 94 valence electrons. The van der Waals surface area contributed by atoms with Crippen molar-refractivity contribution in [3.05, 3.63) is 11.7 Å². The summed E-state index contributed by atoms with van der Waals surface area (Å²) in [6.45, 7) is 1.46. The van der Waals surface area contributed by atoms with Crippen LogP contribution >= 0.6 is 0 Å². The molecule has 1 aliphatic rings. The van der Waals surface area contributed by atoms with E-state index in [2.05, 4.69) is 10.1 Å². The lowest BCUT2D eigenvalue weighted by atomic mass is 10.1. The van der Waals surface area contributed by atoms with Crippen LogP contribution in [0.4, 0.5) is 0 Å². The van der Waals surface area contributed by atoms with Gasteiger partial charge in [0.05, 0.1) is 17.9 Å². The highest BCUT2D eigenvalue weighted by molar-refractivity contribution is 7.91. The first-order valence-electron chi connectivity index (χ1n) is 5.46. The molecule has 2 heterocycles. The number of carbonyl (C=O) groups is 1. The highest BCUT2D eigenvalue weighted by Gasteiger charge is 2.29. The summed E-state index contributed by atoms with van der Waals surface area (Å²) in [6.07, 6.45) is 1.28. The maximum atomic E-state index is 11.3. The van der Waals surface area contributed by atoms with Crippen molar-refractivity contribution in [1.29, 1.82) is 0 Å². The third-order valence-corrected chi connectivity index (χ3v) is 4.54. The number of carbonyl (C=O) groups excluding carboxylic acids is 1. The number of nitrogens with zero attached hydrogens (tertiary/aromatic N) is 2. The second-order valence-electron chi connectivity index (χ2n) is 4.46. The van der Waals surface area contributed by atoms with Crippen LogP contribution in [0.2, 0.25) is 0 Å². The van der Waals surface area contributed by atoms with E-state index in [0.717, 1.165) is 0 Å². The average molecular weight is 258 g/mol. The van der Waals surface area contributed by atoms with Gasteiger partial charge in [-0.05, 0) is 19.3 Å². The molecule has 1 saturated heterocycles. The Morgan fingerprint density at radius 1 is 1.53 bits per heavy atom. The molecule has 0 saturated carbocycles. The van der Waals surface area contributed by atoms with E-state index in [0.29, 0.717) is 24.6 Å². The normalized spacial score (nSPS) is 22.8. The third kappa shape index (κ3) is 3.36. The van der Waals surface area contributed by atoms with Crippen molar-refractivity contribution < 1.29 is 17.7 Å². The van der Waals surface area contributed by atoms with Crippen LogP contribution in [0.1, 0.15) is 25.1 Å². The second kappa shape index (κ2) is 4.56. The van der Waals surface area contributed by atoms with Gasteiger partial charge < -0.3 is 4.52 Å². The summed E-state index contributed by atoms with van der Waals surface area (Å²) in [5.41, 5.74) is 0. The van der Waals surface area contributed by atoms with Gasteiger partial charge >= 0.3 is 0 Å². The summed E-state index contributed by atoms with van der Waals surface area (Å²) in [6, 6.07) is 0. The molecular formula is C10H14N2O4S. The van der Waals surface area contributed by atoms with Crippen molar-refractivity contribution in [2.24, 2.45) is 5.92 Å². The quantitative estimate of drug-likeness (QED) is 0.765. The molecule has 2 rings (SSSR count). The van der Waals surface area contributed by atoms with Crippen LogP contribution in [0.15, 0.2) is 4.52 Å². The Morgan fingerprint density at radius 2 is 2.29 bits per heavy atom. The van der Waals surface area contributed by atoms with E-state index in [4.69, 9.17) is 4.52 Å².